The van der Waals surface area contributed by atoms with Crippen molar-refractivity contribution < 1.29 is 22.4 Å². The molecule has 0 unspecified atom stereocenters. The van der Waals surface area contributed by atoms with E-state index in [0.29, 0.717) is 17.5 Å². The Morgan fingerprint density at radius 2 is 0.571 bits per heavy atom. The van der Waals surface area contributed by atoms with Gasteiger partial charge in [-0.25, -0.2) is 15.0 Å². The topological polar surface area (TPSA) is 100 Å². The van der Waals surface area contributed by atoms with E-state index in [9.17, 15) is 0 Å². The molecule has 0 aliphatic heterocycles. The van der Waals surface area contributed by atoms with Crippen LogP contribution >= 0.6 is 0 Å². The smallest absolute Gasteiger partial charge is 0.164 e. The molecule has 0 aliphatic carbocycles. The number of aromatic nitrogens is 3. The summed E-state index contributed by atoms with van der Waals surface area (Å²) in [4.78, 5) is 15.0. The van der Waals surface area contributed by atoms with Crippen LogP contribution in [0.2, 0.25) is 0 Å². The van der Waals surface area contributed by atoms with Crippen molar-refractivity contribution in [1.82, 2.24) is 15.0 Å². The second-order valence-electron chi connectivity index (χ2n) is 28.6. The molecule has 5 heterocycles. The Morgan fingerprint density at radius 3 is 1.12 bits per heavy atom. The maximum absolute atomic E-state index is 6.71. The molecule has 0 saturated heterocycles. The lowest BCUT2D eigenvalue weighted by molar-refractivity contribution is 0.415. The first kappa shape index (κ1) is 64.2. The van der Waals surface area contributed by atoms with Gasteiger partial charge in [0, 0.05) is 81.5 Å². The van der Waals surface area contributed by atoms with Crippen molar-refractivity contribution in [3.63, 3.8) is 0 Å². The number of hydrogen-bond donors (Lipinski definition) is 0. The summed E-state index contributed by atoms with van der Waals surface area (Å²) in [6.07, 6.45) is 0. The number of methoxy groups -OCH3 is 1. The van der Waals surface area contributed by atoms with Crippen LogP contribution in [-0.2, 0) is 0 Å². The number of para-hydroxylation sites is 4. The second kappa shape index (κ2) is 26.2. The predicted molar refractivity (Wildman–Crippen MR) is 464 cm³/mol. The first-order chi connectivity index (χ1) is 55.5. The van der Waals surface area contributed by atoms with E-state index >= 15 is 0 Å². The summed E-state index contributed by atoms with van der Waals surface area (Å²) in [6.45, 7) is 0. The molecule has 0 fully saturated rings. The number of nitrogens with zero attached hydrogens (tertiary/aromatic N) is 3. The highest BCUT2D eigenvalue weighted by Crippen LogP contribution is 2.50. The number of furan rings is 4. The standard InChI is InChI=1S/C39H23N3O.C33H22O2.C32H18O2/c1-3-11-24(12-4-1)37-40-38(25-13-5-2-6-14-25)42-39(41-37)33-22-28-17-9-10-18-29(28)35-30(33)19-20-31-32-21-26-15-7-8-16-27(26)23-34(32)43-36(31)35;1-34-23-17-15-22(16-18-23)31-28-20-19-27-24-11-7-8-14-29(24)35-33(27)32(28)26-13-6-5-12-25(26)30(31)21-9-3-2-4-10-21;1-2-9-20-19(8-1)18-27(25-13-7-12-24-21-10-3-5-14-28(21)33-31(24)25)23-16-17-26-22-11-4-6-15-29(22)34-32(26)30(20)23/h1-23H;2-20H,1H3;1-18H. The lowest BCUT2D eigenvalue weighted by atomic mass is 9.84. The zero-order chi connectivity index (χ0) is 73.9. The van der Waals surface area contributed by atoms with Gasteiger partial charge in [0.2, 0.25) is 0 Å². The van der Waals surface area contributed by atoms with Gasteiger partial charge in [-0.05, 0) is 160 Å². The molecule has 24 aromatic rings. The molecule has 112 heavy (non-hydrogen) atoms. The molecule has 8 heteroatoms. The Balaban J connectivity index is 0.000000104. The van der Waals surface area contributed by atoms with E-state index in [-0.39, 0.29) is 0 Å². The van der Waals surface area contributed by atoms with Crippen LogP contribution in [0.3, 0.4) is 0 Å². The summed E-state index contributed by atoms with van der Waals surface area (Å²) in [5, 5.41) is 25.2. The van der Waals surface area contributed by atoms with Crippen molar-refractivity contribution in [3.8, 4) is 73.3 Å². The van der Waals surface area contributed by atoms with Gasteiger partial charge < -0.3 is 22.4 Å². The number of fused-ring (bicyclic) bond motifs is 25. The highest BCUT2D eigenvalue weighted by Gasteiger charge is 2.25. The molecule has 0 amide bonds. The fourth-order valence-electron chi connectivity index (χ4n) is 17.2. The van der Waals surface area contributed by atoms with Gasteiger partial charge in [-0.1, -0.05) is 291 Å². The van der Waals surface area contributed by atoms with Crippen LogP contribution in [0.15, 0.2) is 382 Å². The number of benzene rings is 19. The zero-order valence-electron chi connectivity index (χ0n) is 60.5. The maximum Gasteiger partial charge on any atom is 0.164 e. The summed E-state index contributed by atoms with van der Waals surface area (Å²) >= 11 is 0. The molecule has 0 N–H and O–H groups in total. The van der Waals surface area contributed by atoms with Crippen LogP contribution in [-0.4, -0.2) is 22.1 Å². The highest BCUT2D eigenvalue weighted by atomic mass is 16.5. The SMILES string of the molecule is COc1ccc(-c2c(-c3ccccc3)c3ccccc3c3c2ccc2c4ccccc4oc23)cc1.c1ccc(-c2nc(-c3ccccc3)nc(-c3cc4ccccc4c4c3ccc3c5cc6ccccc6cc5oc34)n2)cc1.c1ccc2c(c1)cc(-c1cccc3c1oc1ccccc13)c1ccc3c4ccccc4oc3c12. The van der Waals surface area contributed by atoms with Crippen molar-refractivity contribution in [2.24, 2.45) is 0 Å². The van der Waals surface area contributed by atoms with Gasteiger partial charge in [0.25, 0.3) is 0 Å². The Morgan fingerprint density at radius 1 is 0.205 bits per heavy atom. The van der Waals surface area contributed by atoms with Crippen LogP contribution < -0.4 is 4.74 Å². The van der Waals surface area contributed by atoms with E-state index in [1.54, 1.807) is 7.11 Å². The third kappa shape index (κ3) is 10.5. The van der Waals surface area contributed by atoms with Crippen LogP contribution in [0.1, 0.15) is 0 Å². The predicted octanol–water partition coefficient (Wildman–Crippen LogP) is 28.9. The Kier molecular flexibility index (Phi) is 15.0. The van der Waals surface area contributed by atoms with Crippen LogP contribution in [0, 0.1) is 0 Å². The molecule has 8 nitrogen and oxygen atoms in total. The van der Waals surface area contributed by atoms with E-state index in [1.807, 2.05) is 109 Å². The van der Waals surface area contributed by atoms with Crippen LogP contribution in [0.4, 0.5) is 0 Å². The van der Waals surface area contributed by atoms with E-state index in [1.165, 1.54) is 54.4 Å². The fraction of sp³-hybridized carbons (Fsp3) is 0.00962. The van der Waals surface area contributed by atoms with Crippen molar-refractivity contribution in [3.05, 3.63) is 364 Å². The van der Waals surface area contributed by atoms with E-state index in [4.69, 9.17) is 37.4 Å². The molecule has 0 aliphatic rings. The minimum absolute atomic E-state index is 0.629. The van der Waals surface area contributed by atoms with Gasteiger partial charge in [-0.2, -0.15) is 0 Å². The Bertz CT molecular complexity index is 7860. The maximum atomic E-state index is 6.71. The first-order valence-corrected chi connectivity index (χ1v) is 37.7. The molecule has 5 aromatic heterocycles. The second-order valence-corrected chi connectivity index (χ2v) is 28.6. The number of rotatable bonds is 7. The molecule has 0 bridgehead atoms. The summed E-state index contributed by atoms with van der Waals surface area (Å²) in [5.74, 6) is 2.76. The lowest BCUT2D eigenvalue weighted by Crippen LogP contribution is -2.00. The van der Waals surface area contributed by atoms with Crippen molar-refractivity contribution in [1.29, 1.82) is 0 Å². The molecule has 0 spiro atoms. The number of hydrogen-bond acceptors (Lipinski definition) is 8. The average Bonchev–Trinajstić information content (AvgIpc) is 1.67. The van der Waals surface area contributed by atoms with Gasteiger partial charge in [0.15, 0.2) is 17.5 Å². The van der Waals surface area contributed by atoms with Gasteiger partial charge in [0.1, 0.15) is 50.4 Å². The van der Waals surface area contributed by atoms with Crippen molar-refractivity contribution >= 4 is 163 Å². The monoisotopic (exact) mass is 1430 g/mol. The molecule has 0 radical (unpaired) electrons. The molecule has 24 rings (SSSR count). The van der Waals surface area contributed by atoms with Gasteiger partial charge >= 0.3 is 0 Å². The molecule has 19 aromatic carbocycles. The minimum Gasteiger partial charge on any atom is -0.497 e. The minimum atomic E-state index is 0.629. The van der Waals surface area contributed by atoms with E-state index < -0.39 is 0 Å². The average molecular weight is 1430 g/mol. The normalized spacial score (nSPS) is 11.8. The van der Waals surface area contributed by atoms with Crippen LogP contribution in [0.25, 0.3) is 231 Å². The highest BCUT2D eigenvalue weighted by molar-refractivity contribution is 6.31. The summed E-state index contributed by atoms with van der Waals surface area (Å²) in [5.41, 5.74) is 17.2. The first-order valence-electron chi connectivity index (χ1n) is 37.7. The number of ether oxygens (including phenoxy) is 1. The van der Waals surface area contributed by atoms with Gasteiger partial charge in [0.05, 0.1) is 7.11 Å². The van der Waals surface area contributed by atoms with E-state index in [2.05, 4.69) is 255 Å². The molecule has 0 atom stereocenters. The quantitative estimate of drug-likeness (QED) is 0.146. The Labute approximate surface area is 640 Å². The fourth-order valence-corrected chi connectivity index (χ4v) is 17.2. The molecule has 524 valence electrons. The summed E-state index contributed by atoms with van der Waals surface area (Å²) in [7, 11) is 1.70. The summed E-state index contributed by atoms with van der Waals surface area (Å²) < 4.78 is 31.6. The molecule has 0 saturated carbocycles. The largest absolute Gasteiger partial charge is 0.497 e. The lowest BCUT2D eigenvalue weighted by Gasteiger charge is -2.19. The van der Waals surface area contributed by atoms with E-state index in [0.717, 1.165) is 165 Å². The third-order valence-electron chi connectivity index (χ3n) is 22.3. The Hall–Kier alpha value is -15.0. The zero-order valence-corrected chi connectivity index (χ0v) is 60.5. The molecular weight excluding hydrogens is 1370 g/mol. The molecular formula is C104H63N3O5. The third-order valence-corrected chi connectivity index (χ3v) is 22.3. The van der Waals surface area contributed by atoms with Crippen molar-refractivity contribution in [2.75, 3.05) is 7.11 Å². The summed E-state index contributed by atoms with van der Waals surface area (Å²) in [6, 6.07) is 127. The van der Waals surface area contributed by atoms with Crippen molar-refractivity contribution in [2.45, 2.75) is 0 Å². The van der Waals surface area contributed by atoms with Gasteiger partial charge in [-0.15, -0.1) is 0 Å². The van der Waals surface area contributed by atoms with Crippen LogP contribution in [0.5, 0.6) is 5.75 Å². The van der Waals surface area contributed by atoms with Gasteiger partial charge in [-0.3, -0.25) is 0 Å².